The highest BCUT2D eigenvalue weighted by Gasteiger charge is 2.14. The summed E-state index contributed by atoms with van der Waals surface area (Å²) in [5.41, 5.74) is 0.541. The molecule has 1 N–H and O–H groups in total. The van der Waals surface area contributed by atoms with Gasteiger partial charge in [-0.1, -0.05) is 11.6 Å². The molecule has 0 spiro atoms. The van der Waals surface area contributed by atoms with Crippen LogP contribution in [0.25, 0.3) is 0 Å². The lowest BCUT2D eigenvalue weighted by Gasteiger charge is -2.11. The fourth-order valence-corrected chi connectivity index (χ4v) is 2.04. The molecule has 1 aromatic heterocycles. The topological polar surface area (TPSA) is 42.2 Å². The van der Waals surface area contributed by atoms with E-state index in [1.807, 2.05) is 19.1 Å². The molecule has 1 atom stereocenters. The lowest BCUT2D eigenvalue weighted by Crippen LogP contribution is -2.26. The zero-order valence-corrected chi connectivity index (χ0v) is 12.5. The predicted molar refractivity (Wildman–Crippen MR) is 78.8 cm³/mol. The Kier molecular flexibility index (Phi) is 4.29. The molecule has 1 unspecified atom stereocenters. The summed E-state index contributed by atoms with van der Waals surface area (Å²) in [5.74, 6) is 0.553. The first kappa shape index (κ1) is 13.4. The quantitative estimate of drug-likeness (QED) is 0.823. The first-order valence-corrected chi connectivity index (χ1v) is 6.83. The van der Waals surface area contributed by atoms with Gasteiger partial charge in [0.1, 0.15) is 5.76 Å². The lowest BCUT2D eigenvalue weighted by atomic mass is 10.2. The van der Waals surface area contributed by atoms with Crippen LogP contribution in [0.4, 0.5) is 0 Å². The van der Waals surface area contributed by atoms with E-state index in [1.54, 1.807) is 24.5 Å². The van der Waals surface area contributed by atoms with Gasteiger partial charge in [-0.2, -0.15) is 0 Å². The third kappa shape index (κ3) is 3.05. The third-order valence-corrected chi connectivity index (χ3v) is 4.07. The summed E-state index contributed by atoms with van der Waals surface area (Å²) in [6, 6.07) is 8.66. The number of benzene rings is 1. The number of nitrogens with one attached hydrogen (secondary N) is 1. The standard InChI is InChI=1S/C13H11ClINO2/c1-8(12-3-2-6-18-12)16-13(17)9-4-5-11(15)10(14)7-9/h2-8H,1H3,(H,16,17). The van der Waals surface area contributed by atoms with Gasteiger partial charge in [-0.25, -0.2) is 0 Å². The van der Waals surface area contributed by atoms with E-state index in [0.29, 0.717) is 10.6 Å². The SMILES string of the molecule is CC(NC(=O)c1ccc(I)c(Cl)c1)c1ccco1. The van der Waals surface area contributed by atoms with E-state index in [2.05, 4.69) is 27.9 Å². The van der Waals surface area contributed by atoms with Gasteiger partial charge in [0.05, 0.1) is 17.3 Å². The minimum atomic E-state index is -0.175. The zero-order chi connectivity index (χ0) is 13.1. The average Bonchev–Trinajstić information content (AvgIpc) is 2.86. The molecule has 0 saturated heterocycles. The molecule has 0 bridgehead atoms. The van der Waals surface area contributed by atoms with Crippen LogP contribution < -0.4 is 5.32 Å². The van der Waals surface area contributed by atoms with E-state index in [0.717, 1.165) is 9.33 Å². The van der Waals surface area contributed by atoms with Crippen molar-refractivity contribution >= 4 is 40.1 Å². The van der Waals surface area contributed by atoms with Crippen LogP contribution in [0.5, 0.6) is 0 Å². The Morgan fingerprint density at radius 3 is 2.83 bits per heavy atom. The molecule has 1 aromatic carbocycles. The van der Waals surface area contributed by atoms with E-state index in [9.17, 15) is 4.79 Å². The van der Waals surface area contributed by atoms with Gasteiger partial charge in [-0.15, -0.1) is 0 Å². The Morgan fingerprint density at radius 2 is 2.22 bits per heavy atom. The molecule has 2 rings (SSSR count). The molecule has 3 nitrogen and oxygen atoms in total. The number of amides is 1. The van der Waals surface area contributed by atoms with E-state index < -0.39 is 0 Å². The van der Waals surface area contributed by atoms with Crippen LogP contribution in [0.1, 0.15) is 29.1 Å². The number of hydrogen-bond acceptors (Lipinski definition) is 2. The molecule has 0 aliphatic carbocycles. The predicted octanol–water partition coefficient (Wildman–Crippen LogP) is 4.03. The van der Waals surface area contributed by atoms with Crippen LogP contribution in [0, 0.1) is 3.57 Å². The monoisotopic (exact) mass is 375 g/mol. The molecule has 1 amide bonds. The smallest absolute Gasteiger partial charge is 0.251 e. The van der Waals surface area contributed by atoms with Gasteiger partial charge >= 0.3 is 0 Å². The van der Waals surface area contributed by atoms with Crippen LogP contribution >= 0.6 is 34.2 Å². The van der Waals surface area contributed by atoms with Crippen molar-refractivity contribution in [3.63, 3.8) is 0 Å². The summed E-state index contributed by atoms with van der Waals surface area (Å²) < 4.78 is 6.15. The van der Waals surface area contributed by atoms with Crippen molar-refractivity contribution in [1.29, 1.82) is 0 Å². The van der Waals surface area contributed by atoms with Crippen molar-refractivity contribution < 1.29 is 9.21 Å². The zero-order valence-electron chi connectivity index (χ0n) is 9.61. The third-order valence-electron chi connectivity index (χ3n) is 2.50. The number of halogens is 2. The lowest BCUT2D eigenvalue weighted by molar-refractivity contribution is 0.0935. The normalized spacial score (nSPS) is 12.2. The Morgan fingerprint density at radius 1 is 1.44 bits per heavy atom. The molecule has 0 fully saturated rings. The van der Waals surface area contributed by atoms with Gasteiger partial charge in [-0.3, -0.25) is 4.79 Å². The largest absolute Gasteiger partial charge is 0.467 e. The Labute approximate surface area is 124 Å². The molecule has 1 heterocycles. The molecular weight excluding hydrogens is 365 g/mol. The second kappa shape index (κ2) is 5.75. The summed E-state index contributed by atoms with van der Waals surface area (Å²) in [7, 11) is 0. The summed E-state index contributed by atoms with van der Waals surface area (Å²) in [5, 5.41) is 3.43. The van der Waals surface area contributed by atoms with Crippen LogP contribution in [0.2, 0.25) is 5.02 Å². The first-order valence-electron chi connectivity index (χ1n) is 5.37. The van der Waals surface area contributed by atoms with E-state index >= 15 is 0 Å². The van der Waals surface area contributed by atoms with Gasteiger partial charge in [0.2, 0.25) is 0 Å². The van der Waals surface area contributed by atoms with Crippen molar-refractivity contribution in [2.75, 3.05) is 0 Å². The summed E-state index contributed by atoms with van der Waals surface area (Å²) in [6.45, 7) is 1.87. The van der Waals surface area contributed by atoms with Crippen LogP contribution in [0.3, 0.4) is 0 Å². The molecule has 18 heavy (non-hydrogen) atoms. The minimum absolute atomic E-state index is 0.169. The fraction of sp³-hybridized carbons (Fsp3) is 0.154. The Hall–Kier alpha value is -1.01. The molecular formula is C13H11ClINO2. The molecule has 0 aliphatic heterocycles. The van der Waals surface area contributed by atoms with Gasteiger partial charge in [0.25, 0.3) is 5.91 Å². The Balaban J connectivity index is 2.10. The van der Waals surface area contributed by atoms with Gasteiger partial charge in [0, 0.05) is 9.13 Å². The highest BCUT2D eigenvalue weighted by atomic mass is 127. The maximum Gasteiger partial charge on any atom is 0.251 e. The number of carbonyl (C=O) groups excluding carboxylic acids is 1. The summed E-state index contributed by atoms with van der Waals surface area (Å²) >= 11 is 8.11. The molecule has 0 aliphatic rings. The maximum absolute atomic E-state index is 12.0. The van der Waals surface area contributed by atoms with Crippen molar-refractivity contribution in [1.82, 2.24) is 5.32 Å². The van der Waals surface area contributed by atoms with Crippen molar-refractivity contribution in [2.24, 2.45) is 0 Å². The minimum Gasteiger partial charge on any atom is -0.467 e. The van der Waals surface area contributed by atoms with E-state index in [1.165, 1.54) is 0 Å². The molecule has 0 saturated carbocycles. The molecule has 94 valence electrons. The number of rotatable bonds is 3. The van der Waals surface area contributed by atoms with Crippen molar-refractivity contribution in [3.05, 3.63) is 56.5 Å². The van der Waals surface area contributed by atoms with Gasteiger partial charge in [-0.05, 0) is 59.8 Å². The molecule has 2 aromatic rings. The van der Waals surface area contributed by atoms with E-state index in [-0.39, 0.29) is 11.9 Å². The molecule has 0 radical (unpaired) electrons. The second-order valence-electron chi connectivity index (χ2n) is 3.84. The number of furan rings is 1. The fourth-order valence-electron chi connectivity index (χ4n) is 1.53. The number of carbonyl (C=O) groups is 1. The highest BCUT2D eigenvalue weighted by Crippen LogP contribution is 2.20. The first-order chi connectivity index (χ1) is 8.58. The second-order valence-corrected chi connectivity index (χ2v) is 5.41. The maximum atomic E-state index is 12.0. The Bertz CT molecular complexity index is 554. The van der Waals surface area contributed by atoms with Crippen molar-refractivity contribution in [3.8, 4) is 0 Å². The molecule has 5 heteroatoms. The summed E-state index contributed by atoms with van der Waals surface area (Å²) in [6.07, 6.45) is 1.58. The van der Waals surface area contributed by atoms with Gasteiger partial charge in [0.15, 0.2) is 0 Å². The van der Waals surface area contributed by atoms with Crippen LogP contribution in [-0.2, 0) is 0 Å². The van der Waals surface area contributed by atoms with E-state index in [4.69, 9.17) is 16.0 Å². The highest BCUT2D eigenvalue weighted by molar-refractivity contribution is 14.1. The van der Waals surface area contributed by atoms with Crippen molar-refractivity contribution in [2.45, 2.75) is 13.0 Å². The summed E-state index contributed by atoms with van der Waals surface area (Å²) in [4.78, 5) is 12.0. The van der Waals surface area contributed by atoms with Gasteiger partial charge < -0.3 is 9.73 Å². The van der Waals surface area contributed by atoms with Crippen LogP contribution in [0.15, 0.2) is 41.0 Å². The van der Waals surface area contributed by atoms with Crippen LogP contribution in [-0.4, -0.2) is 5.91 Å². The average molecular weight is 376 g/mol. The number of hydrogen-bond donors (Lipinski definition) is 1.